The first-order chi connectivity index (χ1) is 28.3. The standard InChI is InChI=1S/C54H36N2S/c1-4-16-37(17-5-1)40-32-35-49(47(36-40)38-18-6-2-7-19-38)56(51-28-15-25-45-44-22-11-13-29-52(44)57-54(45)51)42-33-30-39(31-34-42)43-24-14-27-50-53(43)46-23-10-12-26-48(46)55(50)41-20-8-3-9-21-41/h1-36H. The minimum absolute atomic E-state index is 1.10. The lowest BCUT2D eigenvalue weighted by atomic mass is 9.95. The zero-order valence-corrected chi connectivity index (χ0v) is 31.9. The largest absolute Gasteiger partial charge is 0.309 e. The summed E-state index contributed by atoms with van der Waals surface area (Å²) in [7, 11) is 0. The minimum atomic E-state index is 1.10. The molecule has 0 aliphatic heterocycles. The smallest absolute Gasteiger partial charge is 0.0640 e. The quantitative estimate of drug-likeness (QED) is 0.158. The molecule has 0 aliphatic rings. The molecular weight excluding hydrogens is 709 g/mol. The van der Waals surface area contributed by atoms with Crippen LogP contribution in [0.2, 0.25) is 0 Å². The molecule has 3 heteroatoms. The number of nitrogens with zero attached hydrogens (tertiary/aromatic N) is 2. The molecule has 0 atom stereocenters. The lowest BCUT2D eigenvalue weighted by Crippen LogP contribution is -2.11. The molecule has 0 fully saturated rings. The number of hydrogen-bond acceptors (Lipinski definition) is 2. The van der Waals surface area contributed by atoms with Crippen LogP contribution >= 0.6 is 11.3 Å². The number of rotatable bonds is 7. The van der Waals surface area contributed by atoms with E-state index in [9.17, 15) is 0 Å². The Balaban J connectivity index is 1.13. The Kier molecular flexibility index (Phi) is 8.04. The van der Waals surface area contributed by atoms with Crippen molar-refractivity contribution in [1.29, 1.82) is 0 Å². The molecule has 0 saturated carbocycles. The van der Waals surface area contributed by atoms with Crippen LogP contribution in [0.1, 0.15) is 0 Å². The average Bonchev–Trinajstić information content (AvgIpc) is 3.84. The first-order valence-corrected chi connectivity index (χ1v) is 20.3. The minimum Gasteiger partial charge on any atom is -0.309 e. The van der Waals surface area contributed by atoms with E-state index in [-0.39, 0.29) is 0 Å². The first-order valence-electron chi connectivity index (χ1n) is 19.4. The average molecular weight is 745 g/mol. The van der Waals surface area contributed by atoms with E-state index in [1.807, 2.05) is 11.3 Å². The maximum Gasteiger partial charge on any atom is 0.0640 e. The topological polar surface area (TPSA) is 8.17 Å². The SMILES string of the molecule is c1ccc(-c2ccc(N(c3ccc(-c4cccc5c4c4ccccc4n5-c4ccccc4)cc3)c3cccc4c3sc3ccccc34)c(-c3ccccc3)c2)cc1. The molecule has 0 radical (unpaired) electrons. The molecule has 0 unspecified atom stereocenters. The maximum atomic E-state index is 2.47. The molecule has 0 aliphatic carbocycles. The van der Waals surface area contributed by atoms with Crippen LogP contribution in [0.4, 0.5) is 17.1 Å². The molecule has 2 nitrogen and oxygen atoms in total. The lowest BCUT2D eigenvalue weighted by Gasteiger charge is -2.29. The summed E-state index contributed by atoms with van der Waals surface area (Å²) in [6.07, 6.45) is 0. The highest BCUT2D eigenvalue weighted by Crippen LogP contribution is 2.48. The van der Waals surface area contributed by atoms with Crippen LogP contribution in [0, 0.1) is 0 Å². The van der Waals surface area contributed by atoms with E-state index in [1.165, 1.54) is 81.0 Å². The predicted molar refractivity (Wildman–Crippen MR) is 245 cm³/mol. The van der Waals surface area contributed by atoms with Gasteiger partial charge in [-0.2, -0.15) is 0 Å². The van der Waals surface area contributed by atoms with Gasteiger partial charge in [0.1, 0.15) is 0 Å². The van der Waals surface area contributed by atoms with E-state index in [2.05, 4.69) is 228 Å². The van der Waals surface area contributed by atoms with Crippen molar-refractivity contribution in [3.63, 3.8) is 0 Å². The van der Waals surface area contributed by atoms with E-state index >= 15 is 0 Å². The van der Waals surface area contributed by atoms with E-state index in [1.54, 1.807) is 0 Å². The second-order valence-electron chi connectivity index (χ2n) is 14.5. The molecule has 57 heavy (non-hydrogen) atoms. The summed E-state index contributed by atoms with van der Waals surface area (Å²) < 4.78 is 4.95. The number of para-hydroxylation sites is 2. The second kappa shape index (κ2) is 13.8. The Morgan fingerprint density at radius 3 is 1.75 bits per heavy atom. The molecule has 2 aromatic heterocycles. The molecule has 2 heterocycles. The van der Waals surface area contributed by atoms with Crippen LogP contribution in [-0.2, 0) is 0 Å². The van der Waals surface area contributed by atoms with Gasteiger partial charge in [0.25, 0.3) is 0 Å². The number of thiophene rings is 1. The van der Waals surface area contributed by atoms with E-state index in [0.29, 0.717) is 0 Å². The number of hydrogen-bond donors (Lipinski definition) is 0. The van der Waals surface area contributed by atoms with E-state index < -0.39 is 0 Å². The lowest BCUT2D eigenvalue weighted by molar-refractivity contribution is 1.18. The monoisotopic (exact) mass is 744 g/mol. The third-order valence-corrected chi connectivity index (χ3v) is 12.4. The fraction of sp³-hybridized carbons (Fsp3) is 0. The molecule has 0 saturated heterocycles. The van der Waals surface area contributed by atoms with Gasteiger partial charge in [-0.25, -0.2) is 0 Å². The first kappa shape index (κ1) is 33.2. The molecule has 11 rings (SSSR count). The molecule has 9 aromatic carbocycles. The molecule has 0 spiro atoms. The molecule has 0 N–H and O–H groups in total. The maximum absolute atomic E-state index is 2.47. The van der Waals surface area contributed by atoms with Crippen LogP contribution in [0.15, 0.2) is 218 Å². The van der Waals surface area contributed by atoms with Crippen molar-refractivity contribution in [3.05, 3.63) is 218 Å². The van der Waals surface area contributed by atoms with Gasteiger partial charge in [0, 0.05) is 43.2 Å². The van der Waals surface area contributed by atoms with Gasteiger partial charge in [-0.05, 0) is 88.5 Å². The second-order valence-corrected chi connectivity index (χ2v) is 15.5. The van der Waals surface area contributed by atoms with Crippen LogP contribution in [-0.4, -0.2) is 4.57 Å². The van der Waals surface area contributed by atoms with Crippen LogP contribution in [0.5, 0.6) is 0 Å². The number of anilines is 3. The Bertz CT molecular complexity index is 3220. The zero-order chi connectivity index (χ0) is 37.7. The van der Waals surface area contributed by atoms with Crippen molar-refractivity contribution in [2.24, 2.45) is 0 Å². The van der Waals surface area contributed by atoms with Crippen molar-refractivity contribution in [2.75, 3.05) is 4.90 Å². The van der Waals surface area contributed by atoms with Gasteiger partial charge in [0.05, 0.1) is 27.1 Å². The van der Waals surface area contributed by atoms with Crippen molar-refractivity contribution < 1.29 is 0 Å². The van der Waals surface area contributed by atoms with Crippen molar-refractivity contribution in [3.8, 4) is 39.1 Å². The highest BCUT2D eigenvalue weighted by Gasteiger charge is 2.22. The fourth-order valence-corrected chi connectivity index (χ4v) is 9.82. The van der Waals surface area contributed by atoms with E-state index in [0.717, 1.165) is 17.1 Å². The third kappa shape index (κ3) is 5.63. The summed E-state index contributed by atoms with van der Waals surface area (Å²) in [5, 5.41) is 5.08. The Hall–Kier alpha value is -7.20. The zero-order valence-electron chi connectivity index (χ0n) is 31.1. The summed E-state index contributed by atoms with van der Waals surface area (Å²) in [4.78, 5) is 2.47. The Labute approximate surface area is 335 Å². The van der Waals surface area contributed by atoms with Crippen molar-refractivity contribution in [2.45, 2.75) is 0 Å². The normalized spacial score (nSPS) is 11.5. The van der Waals surface area contributed by atoms with E-state index in [4.69, 9.17) is 0 Å². The Morgan fingerprint density at radius 1 is 0.368 bits per heavy atom. The van der Waals surface area contributed by atoms with Crippen molar-refractivity contribution >= 4 is 70.4 Å². The van der Waals surface area contributed by atoms with Crippen LogP contribution in [0.25, 0.3) is 81.0 Å². The van der Waals surface area contributed by atoms with Gasteiger partial charge in [-0.15, -0.1) is 11.3 Å². The van der Waals surface area contributed by atoms with Gasteiger partial charge in [-0.1, -0.05) is 158 Å². The van der Waals surface area contributed by atoms with Gasteiger partial charge in [-0.3, -0.25) is 0 Å². The number of fused-ring (bicyclic) bond motifs is 6. The number of benzene rings is 9. The molecule has 11 aromatic rings. The Morgan fingerprint density at radius 2 is 0.965 bits per heavy atom. The summed E-state index contributed by atoms with van der Waals surface area (Å²) in [5.41, 5.74) is 14.1. The van der Waals surface area contributed by atoms with Gasteiger partial charge >= 0.3 is 0 Å². The van der Waals surface area contributed by atoms with Gasteiger partial charge in [0.15, 0.2) is 0 Å². The van der Waals surface area contributed by atoms with Gasteiger partial charge in [0.2, 0.25) is 0 Å². The third-order valence-electron chi connectivity index (χ3n) is 11.2. The molecular formula is C54H36N2S. The van der Waals surface area contributed by atoms with Crippen LogP contribution < -0.4 is 4.90 Å². The number of aromatic nitrogens is 1. The summed E-state index contributed by atoms with van der Waals surface area (Å²) in [6, 6.07) is 79.3. The van der Waals surface area contributed by atoms with Gasteiger partial charge < -0.3 is 9.47 Å². The molecule has 0 bridgehead atoms. The summed E-state index contributed by atoms with van der Waals surface area (Å²) >= 11 is 1.87. The highest BCUT2D eigenvalue weighted by molar-refractivity contribution is 7.26. The van der Waals surface area contributed by atoms with Crippen molar-refractivity contribution in [1.82, 2.24) is 4.57 Å². The molecule has 0 amide bonds. The fourth-order valence-electron chi connectivity index (χ4n) is 8.61. The predicted octanol–water partition coefficient (Wildman–Crippen LogP) is 15.6. The van der Waals surface area contributed by atoms with Crippen LogP contribution in [0.3, 0.4) is 0 Å². The summed E-state index contributed by atoms with van der Waals surface area (Å²) in [5.74, 6) is 0. The molecule has 268 valence electrons. The highest BCUT2D eigenvalue weighted by atomic mass is 32.1. The summed E-state index contributed by atoms with van der Waals surface area (Å²) in [6.45, 7) is 0.